The lowest BCUT2D eigenvalue weighted by molar-refractivity contribution is -0.243. The number of anilines is 1. The van der Waals surface area contributed by atoms with Gasteiger partial charge < -0.3 is 9.84 Å². The molecule has 0 aliphatic rings. The van der Waals surface area contributed by atoms with Crippen LogP contribution in [0, 0.1) is 0 Å². The SMILES string of the molecule is CC(C)(O)c1ccc(-c2ccnc(N(CCCCCc3ccc(C(C)(F)F)cn3)C(=O)OC(C)(C)C(F)(F)F)c2)cc1. The summed E-state index contributed by atoms with van der Waals surface area (Å²) in [6.07, 6.45) is -1.24. The van der Waals surface area contributed by atoms with Crippen molar-refractivity contribution in [3.05, 3.63) is 77.7 Å². The molecular formula is C31H36F5N3O3. The van der Waals surface area contributed by atoms with E-state index >= 15 is 0 Å². The Morgan fingerprint density at radius 1 is 0.833 bits per heavy atom. The van der Waals surface area contributed by atoms with E-state index in [1.165, 1.54) is 12.3 Å². The van der Waals surface area contributed by atoms with Crippen LogP contribution in [-0.2, 0) is 22.7 Å². The Balaban J connectivity index is 1.75. The van der Waals surface area contributed by atoms with Crippen molar-refractivity contribution in [1.82, 2.24) is 9.97 Å². The summed E-state index contributed by atoms with van der Waals surface area (Å²) in [4.78, 5) is 22.5. The number of aryl methyl sites for hydroxylation is 1. The molecule has 3 rings (SSSR count). The summed E-state index contributed by atoms with van der Waals surface area (Å²) in [5.74, 6) is -2.85. The maximum absolute atomic E-state index is 13.5. The maximum Gasteiger partial charge on any atom is 0.427 e. The summed E-state index contributed by atoms with van der Waals surface area (Å²) in [5, 5.41) is 10.2. The van der Waals surface area contributed by atoms with Crippen LogP contribution in [-0.4, -0.2) is 39.5 Å². The number of unbranched alkanes of at least 4 members (excludes halogenated alkanes) is 2. The molecule has 42 heavy (non-hydrogen) atoms. The highest BCUT2D eigenvalue weighted by Crippen LogP contribution is 2.34. The average molecular weight is 594 g/mol. The summed E-state index contributed by atoms with van der Waals surface area (Å²) >= 11 is 0. The number of rotatable bonds is 11. The zero-order valence-electron chi connectivity index (χ0n) is 24.3. The molecule has 0 unspecified atom stereocenters. The van der Waals surface area contributed by atoms with Gasteiger partial charge in [0.15, 0.2) is 0 Å². The molecule has 0 spiro atoms. The van der Waals surface area contributed by atoms with Crippen molar-refractivity contribution in [2.75, 3.05) is 11.4 Å². The van der Waals surface area contributed by atoms with Gasteiger partial charge in [0, 0.05) is 37.1 Å². The zero-order valence-corrected chi connectivity index (χ0v) is 24.3. The van der Waals surface area contributed by atoms with E-state index in [1.807, 2.05) is 0 Å². The Kier molecular flexibility index (Phi) is 9.97. The fourth-order valence-corrected chi connectivity index (χ4v) is 4.03. The predicted molar refractivity (Wildman–Crippen MR) is 150 cm³/mol. The number of alkyl halides is 5. The van der Waals surface area contributed by atoms with Gasteiger partial charge in [-0.2, -0.15) is 13.2 Å². The average Bonchev–Trinajstić information content (AvgIpc) is 2.89. The number of ether oxygens (including phenoxy) is 1. The summed E-state index contributed by atoms with van der Waals surface area (Å²) in [7, 11) is 0. The minimum Gasteiger partial charge on any atom is -0.433 e. The van der Waals surface area contributed by atoms with E-state index in [2.05, 4.69) is 9.97 Å². The first-order chi connectivity index (χ1) is 19.4. The van der Waals surface area contributed by atoms with E-state index in [1.54, 1.807) is 56.3 Å². The van der Waals surface area contributed by atoms with Gasteiger partial charge in [-0.1, -0.05) is 30.7 Å². The lowest BCUT2D eigenvalue weighted by Crippen LogP contribution is -2.47. The lowest BCUT2D eigenvalue weighted by atomic mass is 9.96. The predicted octanol–water partition coefficient (Wildman–Crippen LogP) is 8.18. The van der Waals surface area contributed by atoms with Gasteiger partial charge in [0.25, 0.3) is 5.92 Å². The van der Waals surface area contributed by atoms with E-state index in [0.717, 1.165) is 37.4 Å². The number of hydrogen-bond donors (Lipinski definition) is 1. The molecule has 0 aliphatic heterocycles. The lowest BCUT2D eigenvalue weighted by Gasteiger charge is -2.31. The molecule has 1 aromatic carbocycles. The highest BCUT2D eigenvalue weighted by atomic mass is 19.4. The van der Waals surface area contributed by atoms with Crippen LogP contribution in [0.4, 0.5) is 32.6 Å². The van der Waals surface area contributed by atoms with E-state index < -0.39 is 29.4 Å². The zero-order chi connectivity index (χ0) is 31.3. The first-order valence-corrected chi connectivity index (χ1v) is 13.6. The number of aliphatic hydroxyl groups is 1. The molecule has 1 N–H and O–H groups in total. The number of carbonyl (C=O) groups is 1. The van der Waals surface area contributed by atoms with Gasteiger partial charge in [0.1, 0.15) is 5.82 Å². The third-order valence-corrected chi connectivity index (χ3v) is 6.84. The number of pyridine rings is 2. The minimum atomic E-state index is -4.78. The molecule has 0 aliphatic carbocycles. The number of amides is 1. The summed E-state index contributed by atoms with van der Waals surface area (Å²) in [5.41, 5.74) is -1.16. The second-order valence-electron chi connectivity index (χ2n) is 11.3. The van der Waals surface area contributed by atoms with Crippen LogP contribution in [0.2, 0.25) is 0 Å². The summed E-state index contributed by atoms with van der Waals surface area (Å²) < 4.78 is 72.2. The molecule has 0 fully saturated rings. The van der Waals surface area contributed by atoms with Crippen molar-refractivity contribution in [2.24, 2.45) is 0 Å². The molecule has 1 amide bonds. The maximum atomic E-state index is 13.5. The summed E-state index contributed by atoms with van der Waals surface area (Å²) in [6, 6.07) is 13.3. The van der Waals surface area contributed by atoms with Crippen LogP contribution in [0.15, 0.2) is 60.9 Å². The molecular weight excluding hydrogens is 557 g/mol. The van der Waals surface area contributed by atoms with Crippen molar-refractivity contribution in [1.29, 1.82) is 0 Å². The van der Waals surface area contributed by atoms with Crippen molar-refractivity contribution < 1.29 is 36.6 Å². The largest absolute Gasteiger partial charge is 0.433 e. The molecule has 0 atom stereocenters. The Hall–Kier alpha value is -3.60. The first-order valence-electron chi connectivity index (χ1n) is 13.6. The van der Waals surface area contributed by atoms with Crippen molar-refractivity contribution in [2.45, 2.75) is 83.6 Å². The van der Waals surface area contributed by atoms with Crippen LogP contribution in [0.25, 0.3) is 11.1 Å². The van der Waals surface area contributed by atoms with E-state index in [9.17, 15) is 31.9 Å². The number of nitrogens with zero attached hydrogens (tertiary/aromatic N) is 3. The van der Waals surface area contributed by atoms with Crippen LogP contribution in [0.1, 0.15) is 70.7 Å². The van der Waals surface area contributed by atoms with Gasteiger partial charge in [-0.15, -0.1) is 0 Å². The van der Waals surface area contributed by atoms with Gasteiger partial charge in [0.05, 0.1) is 5.60 Å². The molecule has 2 heterocycles. The molecule has 3 aromatic rings. The molecule has 11 heteroatoms. The van der Waals surface area contributed by atoms with Crippen LogP contribution in [0.5, 0.6) is 0 Å². The molecule has 0 radical (unpaired) electrons. The second-order valence-corrected chi connectivity index (χ2v) is 11.3. The Morgan fingerprint density at radius 2 is 1.48 bits per heavy atom. The van der Waals surface area contributed by atoms with Crippen LogP contribution < -0.4 is 4.90 Å². The monoisotopic (exact) mass is 593 g/mol. The summed E-state index contributed by atoms with van der Waals surface area (Å²) in [6.45, 7) is 5.73. The number of carbonyl (C=O) groups excluding carboxylic acids is 1. The Labute approximate surface area is 242 Å². The molecule has 228 valence electrons. The smallest absolute Gasteiger partial charge is 0.427 e. The quantitative estimate of drug-likeness (QED) is 0.179. The molecule has 0 saturated heterocycles. The minimum absolute atomic E-state index is 0.0370. The second kappa shape index (κ2) is 12.7. The topological polar surface area (TPSA) is 75.6 Å². The standard InChI is InChI=1S/C31H36F5N3O3/c1-28(2,41)23-12-10-21(11-13-23)22-16-17-37-26(19-22)39(27(40)42-29(3,4)31(34,35)36)18-8-6-7-9-25-15-14-24(20-38-25)30(5,32)33/h10-17,19-20,41H,6-9,18H2,1-5H3. The molecule has 0 saturated carbocycles. The Bertz CT molecular complexity index is 1330. The fraction of sp³-hybridized carbons (Fsp3) is 0.452. The highest BCUT2D eigenvalue weighted by molar-refractivity contribution is 5.87. The normalized spacial score (nSPS) is 12.7. The number of hydrogen-bond acceptors (Lipinski definition) is 5. The molecule has 2 aromatic heterocycles. The van der Waals surface area contributed by atoms with Gasteiger partial charge in [-0.3, -0.25) is 9.88 Å². The Morgan fingerprint density at radius 3 is 2.02 bits per heavy atom. The number of benzene rings is 1. The molecule has 6 nitrogen and oxygen atoms in total. The molecule has 0 bridgehead atoms. The van der Waals surface area contributed by atoms with Gasteiger partial charge in [-0.25, -0.2) is 18.6 Å². The van der Waals surface area contributed by atoms with Gasteiger partial charge >= 0.3 is 12.3 Å². The van der Waals surface area contributed by atoms with Gasteiger partial charge in [-0.05, 0) is 87.9 Å². The third kappa shape index (κ3) is 8.70. The fourth-order valence-electron chi connectivity index (χ4n) is 4.03. The van der Waals surface area contributed by atoms with E-state index in [-0.39, 0.29) is 17.9 Å². The number of aromatic nitrogens is 2. The number of halogens is 5. The van der Waals surface area contributed by atoms with E-state index in [0.29, 0.717) is 42.5 Å². The van der Waals surface area contributed by atoms with Crippen molar-refractivity contribution >= 4 is 11.9 Å². The van der Waals surface area contributed by atoms with Crippen molar-refractivity contribution in [3.8, 4) is 11.1 Å². The van der Waals surface area contributed by atoms with Crippen LogP contribution >= 0.6 is 0 Å². The third-order valence-electron chi connectivity index (χ3n) is 6.84. The van der Waals surface area contributed by atoms with Gasteiger partial charge in [0.2, 0.25) is 5.60 Å². The van der Waals surface area contributed by atoms with E-state index in [4.69, 9.17) is 4.74 Å². The highest BCUT2D eigenvalue weighted by Gasteiger charge is 2.51. The van der Waals surface area contributed by atoms with Crippen LogP contribution in [0.3, 0.4) is 0 Å². The van der Waals surface area contributed by atoms with Crippen molar-refractivity contribution in [3.63, 3.8) is 0 Å². The first kappa shape index (κ1) is 32.9.